The summed E-state index contributed by atoms with van der Waals surface area (Å²) in [5, 5.41) is 43.2. The van der Waals surface area contributed by atoms with Gasteiger partial charge >= 0.3 is 0 Å². The lowest BCUT2D eigenvalue weighted by molar-refractivity contribution is 0.278. The molecule has 6 nitrogen and oxygen atoms in total. The van der Waals surface area contributed by atoms with Crippen LogP contribution in [0, 0.1) is 22.7 Å². The summed E-state index contributed by atoms with van der Waals surface area (Å²) in [4.78, 5) is 0. The molecule has 0 aromatic heterocycles. The van der Waals surface area contributed by atoms with Crippen LogP contribution in [0.15, 0.2) is 28.4 Å². The number of benzene rings is 1. The van der Waals surface area contributed by atoms with Gasteiger partial charge in [0.2, 0.25) is 5.54 Å². The minimum Gasteiger partial charge on any atom is -0.392 e. The number of rotatable bonds is 4. The molecule has 0 saturated heterocycles. The highest BCUT2D eigenvalue weighted by Crippen LogP contribution is 2.23. The average Bonchev–Trinajstić information content (AvgIpc) is 2.44. The third-order valence-corrected chi connectivity index (χ3v) is 2.30. The highest BCUT2D eigenvalue weighted by molar-refractivity contribution is 5.47. The Morgan fingerprint density at radius 2 is 1.89 bits per heavy atom. The zero-order chi connectivity index (χ0) is 13.6. The van der Waals surface area contributed by atoms with Gasteiger partial charge < -0.3 is 10.2 Å². The number of hydrogen-bond acceptors (Lipinski definition) is 6. The molecule has 0 aliphatic carbocycles. The Morgan fingerprint density at radius 3 is 2.39 bits per heavy atom. The van der Waals surface area contributed by atoms with Crippen molar-refractivity contribution in [3.63, 3.8) is 0 Å². The normalized spacial score (nSPS) is 11.2. The molecule has 0 heterocycles. The van der Waals surface area contributed by atoms with Crippen molar-refractivity contribution in [1.82, 2.24) is 0 Å². The van der Waals surface area contributed by atoms with Crippen LogP contribution in [0.25, 0.3) is 0 Å². The van der Waals surface area contributed by atoms with E-state index in [-0.39, 0.29) is 13.2 Å². The topological polar surface area (TPSA) is 113 Å². The van der Waals surface area contributed by atoms with Gasteiger partial charge in [-0.25, -0.2) is 0 Å². The number of hydrogen-bond donors (Lipinski definition) is 2. The van der Waals surface area contributed by atoms with Crippen molar-refractivity contribution in [3.05, 3.63) is 29.3 Å². The molecule has 0 saturated carbocycles. The molecule has 0 aliphatic heterocycles. The second-order valence-electron chi connectivity index (χ2n) is 3.78. The summed E-state index contributed by atoms with van der Waals surface area (Å²) in [7, 11) is 0. The number of nitriles is 2. The van der Waals surface area contributed by atoms with Crippen molar-refractivity contribution in [2.75, 3.05) is 0 Å². The minimum atomic E-state index is -1.55. The minimum absolute atomic E-state index is 0.165. The molecule has 92 valence electrons. The van der Waals surface area contributed by atoms with Gasteiger partial charge in [-0.15, -0.1) is 0 Å². The van der Waals surface area contributed by atoms with Crippen LogP contribution in [0.1, 0.15) is 18.1 Å². The smallest absolute Gasteiger partial charge is 0.249 e. The monoisotopic (exact) mass is 244 g/mol. The van der Waals surface area contributed by atoms with Crippen molar-refractivity contribution in [2.24, 2.45) is 10.2 Å². The maximum absolute atomic E-state index is 9.13. The van der Waals surface area contributed by atoms with Crippen LogP contribution in [0.5, 0.6) is 0 Å². The highest BCUT2D eigenvalue weighted by Gasteiger charge is 2.22. The molecule has 0 amide bonds. The van der Waals surface area contributed by atoms with E-state index in [1.807, 2.05) is 0 Å². The predicted octanol–water partition coefficient (Wildman–Crippen LogP) is 1.56. The molecule has 1 aromatic rings. The third-order valence-electron chi connectivity index (χ3n) is 2.30. The quantitative estimate of drug-likeness (QED) is 0.782. The van der Waals surface area contributed by atoms with E-state index in [1.54, 1.807) is 30.3 Å². The van der Waals surface area contributed by atoms with E-state index < -0.39 is 5.54 Å². The zero-order valence-electron chi connectivity index (χ0n) is 9.83. The Bertz CT molecular complexity index is 526. The first kappa shape index (κ1) is 13.8. The first-order valence-electron chi connectivity index (χ1n) is 5.17. The van der Waals surface area contributed by atoms with E-state index in [4.69, 9.17) is 20.7 Å². The lowest BCUT2D eigenvalue weighted by Crippen LogP contribution is -2.14. The van der Waals surface area contributed by atoms with Gasteiger partial charge in [-0.3, -0.25) is 0 Å². The summed E-state index contributed by atoms with van der Waals surface area (Å²) in [5.41, 5.74) is -0.103. The molecule has 0 spiro atoms. The van der Waals surface area contributed by atoms with Crippen molar-refractivity contribution < 1.29 is 10.2 Å². The van der Waals surface area contributed by atoms with E-state index in [2.05, 4.69) is 10.2 Å². The molecular formula is C12H12N4O2. The second kappa shape index (κ2) is 5.87. The van der Waals surface area contributed by atoms with Crippen molar-refractivity contribution in [3.8, 4) is 12.1 Å². The number of aliphatic hydroxyl groups is 2. The Labute approximate surface area is 104 Å². The average molecular weight is 244 g/mol. The molecule has 0 fully saturated rings. The van der Waals surface area contributed by atoms with Crippen molar-refractivity contribution in [1.29, 1.82) is 10.5 Å². The summed E-state index contributed by atoms with van der Waals surface area (Å²) < 4.78 is 0. The van der Waals surface area contributed by atoms with Crippen molar-refractivity contribution in [2.45, 2.75) is 25.7 Å². The van der Waals surface area contributed by atoms with Crippen LogP contribution >= 0.6 is 0 Å². The molecule has 2 N–H and O–H groups in total. The van der Waals surface area contributed by atoms with Gasteiger partial charge in [-0.05, 0) is 18.6 Å². The maximum Gasteiger partial charge on any atom is 0.249 e. The molecular weight excluding hydrogens is 232 g/mol. The fraction of sp³-hybridized carbons (Fsp3) is 0.333. The van der Waals surface area contributed by atoms with Crippen molar-refractivity contribution >= 4 is 5.69 Å². The van der Waals surface area contributed by atoms with E-state index in [0.717, 1.165) is 0 Å². The van der Waals surface area contributed by atoms with Gasteiger partial charge in [-0.1, -0.05) is 12.1 Å². The van der Waals surface area contributed by atoms with Gasteiger partial charge in [0.1, 0.15) is 12.1 Å². The van der Waals surface area contributed by atoms with Crippen LogP contribution in [0.2, 0.25) is 0 Å². The Balaban J connectivity index is 3.14. The van der Waals surface area contributed by atoms with E-state index in [0.29, 0.717) is 16.8 Å². The Hall–Kier alpha value is -2.28. The molecule has 0 radical (unpaired) electrons. The van der Waals surface area contributed by atoms with Gasteiger partial charge in [-0.2, -0.15) is 20.8 Å². The fourth-order valence-corrected chi connectivity index (χ4v) is 1.16. The second-order valence-corrected chi connectivity index (χ2v) is 3.78. The molecule has 0 bridgehead atoms. The van der Waals surface area contributed by atoms with Crippen LogP contribution in [-0.2, 0) is 13.2 Å². The lowest BCUT2D eigenvalue weighted by Gasteiger charge is -2.06. The number of nitrogens with zero attached hydrogens (tertiary/aromatic N) is 4. The van der Waals surface area contributed by atoms with Crippen LogP contribution in [0.4, 0.5) is 5.69 Å². The third kappa shape index (κ3) is 3.11. The largest absolute Gasteiger partial charge is 0.392 e. The standard InChI is InChI=1S/C12H12N4O2/c1-12(7-13,8-14)16-15-11-4-9(5-17)2-3-10(11)6-18/h2-4,17-18H,5-6H2,1H3. The molecule has 0 aliphatic rings. The Kier molecular flexibility index (Phi) is 4.50. The van der Waals surface area contributed by atoms with Gasteiger partial charge in [0.15, 0.2) is 0 Å². The van der Waals surface area contributed by atoms with Gasteiger partial charge in [0.25, 0.3) is 0 Å². The maximum atomic E-state index is 9.13. The summed E-state index contributed by atoms with van der Waals surface area (Å²) in [6, 6.07) is 8.27. The van der Waals surface area contributed by atoms with E-state index >= 15 is 0 Å². The summed E-state index contributed by atoms with van der Waals surface area (Å²) >= 11 is 0. The summed E-state index contributed by atoms with van der Waals surface area (Å²) in [6.07, 6.45) is 0. The van der Waals surface area contributed by atoms with Crippen LogP contribution in [0.3, 0.4) is 0 Å². The fourth-order valence-electron chi connectivity index (χ4n) is 1.16. The van der Waals surface area contributed by atoms with Crippen LogP contribution < -0.4 is 0 Å². The number of azo groups is 1. The first-order chi connectivity index (χ1) is 8.58. The highest BCUT2D eigenvalue weighted by atomic mass is 16.3. The molecule has 6 heteroatoms. The predicted molar refractivity (Wildman–Crippen MR) is 62.4 cm³/mol. The van der Waals surface area contributed by atoms with E-state index in [9.17, 15) is 0 Å². The van der Waals surface area contributed by atoms with Crippen LogP contribution in [-0.4, -0.2) is 15.8 Å². The zero-order valence-corrected chi connectivity index (χ0v) is 9.83. The summed E-state index contributed by atoms with van der Waals surface area (Å²) in [5.74, 6) is 0. The van der Waals surface area contributed by atoms with Gasteiger partial charge in [0.05, 0.1) is 18.9 Å². The molecule has 18 heavy (non-hydrogen) atoms. The Morgan fingerprint density at radius 1 is 1.22 bits per heavy atom. The molecule has 0 unspecified atom stereocenters. The van der Waals surface area contributed by atoms with Gasteiger partial charge in [0, 0.05) is 5.56 Å². The SMILES string of the molecule is CC(C#N)(C#N)N=Nc1cc(CO)ccc1CO. The lowest BCUT2D eigenvalue weighted by atomic mass is 10.1. The first-order valence-corrected chi connectivity index (χ1v) is 5.17. The summed E-state index contributed by atoms with van der Waals surface area (Å²) in [6.45, 7) is 0.933. The molecule has 1 rings (SSSR count). The molecule has 0 atom stereocenters. The molecule has 1 aromatic carbocycles. The number of aliphatic hydroxyl groups excluding tert-OH is 2. The van der Waals surface area contributed by atoms with E-state index in [1.165, 1.54) is 6.92 Å².